The molecule has 3 saturated carbocycles. The minimum atomic E-state index is -0.824. The Morgan fingerprint density at radius 3 is 2.29 bits per heavy atom. The lowest BCUT2D eigenvalue weighted by Gasteiger charge is -2.58. The molecule has 12 nitrogen and oxygen atoms in total. The summed E-state index contributed by atoms with van der Waals surface area (Å²) in [7, 11) is 1.56. The average Bonchev–Trinajstić information content (AvgIpc) is 3.62. The van der Waals surface area contributed by atoms with Crippen molar-refractivity contribution in [3.8, 4) is 5.88 Å². The first-order chi connectivity index (χ1) is 19.5. The quantitative estimate of drug-likeness (QED) is 0.268. The lowest BCUT2D eigenvalue weighted by atomic mass is 9.51. The fraction of sp³-hybridized carbons (Fsp3) is 0.759. The Kier molecular flexibility index (Phi) is 6.82. The lowest BCUT2D eigenvalue weighted by Crippen LogP contribution is -2.64. The molecule has 2 spiro atoms. The van der Waals surface area contributed by atoms with Crippen molar-refractivity contribution in [3.05, 3.63) is 26.4 Å². The third kappa shape index (κ3) is 4.40. The molecule has 5 aliphatic rings. The van der Waals surface area contributed by atoms with Crippen molar-refractivity contribution in [1.82, 2.24) is 18.9 Å². The maximum atomic E-state index is 13.6. The number of imide groups is 1. The second kappa shape index (κ2) is 9.99. The van der Waals surface area contributed by atoms with Crippen LogP contribution in [0, 0.1) is 22.7 Å². The first kappa shape index (κ1) is 28.0. The molecule has 3 heterocycles. The summed E-state index contributed by atoms with van der Waals surface area (Å²) in [6.45, 7) is 3.43. The van der Waals surface area contributed by atoms with Crippen LogP contribution in [0.15, 0.2) is 9.59 Å². The van der Waals surface area contributed by atoms with Crippen LogP contribution in [0.25, 0.3) is 0 Å². The zero-order valence-electron chi connectivity index (χ0n) is 24.1. The average molecular weight is 571 g/mol. The van der Waals surface area contributed by atoms with Gasteiger partial charge in [-0.3, -0.25) is 29.0 Å². The maximum absolute atomic E-state index is 13.6. The van der Waals surface area contributed by atoms with Crippen LogP contribution in [0.5, 0.6) is 5.88 Å². The Morgan fingerprint density at radius 2 is 1.71 bits per heavy atom. The molecule has 0 radical (unpaired) electrons. The summed E-state index contributed by atoms with van der Waals surface area (Å²) >= 11 is 0. The Hall–Kier alpha value is -3.15. The maximum Gasteiger partial charge on any atom is 0.334 e. The van der Waals surface area contributed by atoms with Crippen molar-refractivity contribution < 1.29 is 19.4 Å². The number of ether oxygens (including phenoxy) is 1. The van der Waals surface area contributed by atoms with Crippen LogP contribution in [-0.2, 0) is 16.1 Å². The molecule has 0 bridgehead atoms. The molecular formula is C29H42N6O6. The van der Waals surface area contributed by atoms with Crippen LogP contribution in [0.1, 0.15) is 89.2 Å². The van der Waals surface area contributed by atoms with Gasteiger partial charge in [-0.25, -0.2) is 9.59 Å². The monoisotopic (exact) mass is 570 g/mol. The molecule has 6 rings (SSSR count). The number of hydrogen-bond donors (Lipinski definition) is 3. The summed E-state index contributed by atoms with van der Waals surface area (Å²) in [5.74, 6) is -0.764. The van der Waals surface area contributed by atoms with Gasteiger partial charge in [-0.15, -0.1) is 0 Å². The van der Waals surface area contributed by atoms with Crippen molar-refractivity contribution in [3.63, 3.8) is 0 Å². The molecule has 2 saturated heterocycles. The van der Waals surface area contributed by atoms with Gasteiger partial charge in [-0.2, -0.15) is 0 Å². The van der Waals surface area contributed by atoms with Gasteiger partial charge < -0.3 is 20.5 Å². The molecule has 1 aromatic heterocycles. The van der Waals surface area contributed by atoms with Gasteiger partial charge in [-0.1, -0.05) is 12.8 Å². The van der Waals surface area contributed by atoms with Gasteiger partial charge >= 0.3 is 11.7 Å². The van der Waals surface area contributed by atoms with Gasteiger partial charge in [0.1, 0.15) is 16.9 Å². The van der Waals surface area contributed by atoms with Gasteiger partial charge in [0.2, 0.25) is 5.88 Å². The molecule has 41 heavy (non-hydrogen) atoms. The number of amidine groups is 1. The van der Waals surface area contributed by atoms with E-state index < -0.39 is 28.5 Å². The molecule has 0 aromatic carbocycles. The largest absolute Gasteiger partial charge is 0.494 e. The van der Waals surface area contributed by atoms with Crippen LogP contribution >= 0.6 is 0 Å². The van der Waals surface area contributed by atoms with Crippen LogP contribution in [0.3, 0.4) is 0 Å². The highest BCUT2D eigenvalue weighted by molar-refractivity contribution is 6.07. The normalized spacial score (nSPS) is 33.9. The van der Waals surface area contributed by atoms with Crippen molar-refractivity contribution >= 4 is 17.8 Å². The molecule has 1 aromatic rings. The molecule has 4 N–H and O–H groups in total. The summed E-state index contributed by atoms with van der Waals surface area (Å²) in [6.07, 6.45) is 8.78. The number of nitrogens with zero attached hydrogens (tertiary/aromatic N) is 4. The van der Waals surface area contributed by atoms with Crippen LogP contribution in [-0.4, -0.2) is 73.7 Å². The number of likely N-dealkylation sites (N-methyl/N-ethyl adjacent to an activating group) is 1. The number of hydrogen-bond acceptors (Lipinski definition) is 7. The number of carbonyl (C=O) groups excluding carboxylic acids is 2. The van der Waals surface area contributed by atoms with Crippen LogP contribution in [0.2, 0.25) is 0 Å². The van der Waals surface area contributed by atoms with Crippen molar-refractivity contribution in [2.45, 2.75) is 102 Å². The molecule has 3 amide bonds. The van der Waals surface area contributed by atoms with E-state index in [-0.39, 0.29) is 46.9 Å². The Labute approximate surface area is 238 Å². The van der Waals surface area contributed by atoms with E-state index >= 15 is 0 Å². The summed E-state index contributed by atoms with van der Waals surface area (Å²) < 4.78 is 8.16. The predicted molar refractivity (Wildman–Crippen MR) is 150 cm³/mol. The molecule has 12 heteroatoms. The van der Waals surface area contributed by atoms with Crippen molar-refractivity contribution in [2.24, 2.45) is 23.0 Å². The molecule has 2 atom stereocenters. The van der Waals surface area contributed by atoms with E-state index in [0.717, 1.165) is 32.1 Å². The highest BCUT2D eigenvalue weighted by Gasteiger charge is 2.68. The molecule has 5 fully saturated rings. The third-order valence-corrected chi connectivity index (χ3v) is 10.7. The smallest absolute Gasteiger partial charge is 0.334 e. The molecular weight excluding hydrogens is 528 g/mol. The van der Waals surface area contributed by atoms with Gasteiger partial charge in [0, 0.05) is 32.1 Å². The van der Waals surface area contributed by atoms with E-state index in [9.17, 15) is 24.3 Å². The van der Waals surface area contributed by atoms with E-state index in [4.69, 9.17) is 15.9 Å². The van der Waals surface area contributed by atoms with Gasteiger partial charge in [0.05, 0.1) is 12.7 Å². The van der Waals surface area contributed by atoms with E-state index in [0.29, 0.717) is 58.2 Å². The number of nitrogens with two attached hydrogens (primary N) is 1. The number of urea groups is 1. The van der Waals surface area contributed by atoms with E-state index in [1.165, 1.54) is 14.0 Å². The van der Waals surface area contributed by atoms with Crippen molar-refractivity contribution in [1.29, 1.82) is 5.41 Å². The zero-order chi connectivity index (χ0) is 29.3. The second-order valence-electron chi connectivity index (χ2n) is 13.5. The third-order valence-electron chi connectivity index (χ3n) is 10.7. The number of rotatable bonds is 6. The first-order valence-corrected chi connectivity index (χ1v) is 15.1. The van der Waals surface area contributed by atoms with Crippen LogP contribution < -0.4 is 17.0 Å². The Bertz CT molecular complexity index is 1380. The highest BCUT2D eigenvalue weighted by Crippen LogP contribution is 2.62. The van der Waals surface area contributed by atoms with Crippen molar-refractivity contribution in [2.75, 3.05) is 20.2 Å². The number of nitrogen functional groups attached to an aromatic ring is 1. The van der Waals surface area contributed by atoms with E-state index in [2.05, 4.69) is 0 Å². The Morgan fingerprint density at radius 1 is 1.05 bits per heavy atom. The first-order valence-electron chi connectivity index (χ1n) is 15.1. The lowest BCUT2D eigenvalue weighted by molar-refractivity contribution is -0.150. The van der Waals surface area contributed by atoms with E-state index in [1.54, 1.807) is 11.9 Å². The fourth-order valence-corrected chi connectivity index (χ4v) is 8.61. The minimum absolute atomic E-state index is 0.137. The van der Waals surface area contributed by atoms with Gasteiger partial charge in [0.25, 0.3) is 11.5 Å². The topological polar surface area (TPSA) is 164 Å². The molecule has 224 valence electrons. The standard InChI is InChI=1S/C29H42N6O6/c1-17-11-19(14-41-17)13-34-26(39)32(2)25(38)29(34)15-28(16-29)9-7-20(8-10-28)35-24(37)21(22(30)31)23(36)33(27(35)40)12-18-5-3-4-6-18/h17-20,36H,3-16H2,1-2H3,(H3,30,31)/t17-,19+,20?,28?,29?/m0/s1. The van der Waals surface area contributed by atoms with Crippen LogP contribution in [0.4, 0.5) is 4.79 Å². The summed E-state index contributed by atoms with van der Waals surface area (Å²) in [5, 5.41) is 18.8. The predicted octanol–water partition coefficient (Wildman–Crippen LogP) is 2.14. The second-order valence-corrected chi connectivity index (χ2v) is 13.5. The fourth-order valence-electron chi connectivity index (χ4n) is 8.61. The molecule has 2 aliphatic heterocycles. The molecule has 3 aliphatic carbocycles. The number of aromatic hydroxyl groups is 1. The van der Waals surface area contributed by atoms with Gasteiger partial charge in [-0.05, 0) is 76.0 Å². The SMILES string of the molecule is C[C@H]1C[C@H](CN2C(=O)N(C)C(=O)C23CC2(CCC(n4c(=O)c(C(=N)N)c(O)n(CC5CCCC5)c4=O)CC2)C3)CO1. The number of aromatic nitrogens is 2. The summed E-state index contributed by atoms with van der Waals surface area (Å²) in [5.41, 5.74) is 3.17. The number of amides is 3. The highest BCUT2D eigenvalue weighted by atomic mass is 16.5. The Balaban J connectivity index is 1.22. The van der Waals surface area contributed by atoms with Gasteiger partial charge in [0.15, 0.2) is 0 Å². The van der Waals surface area contributed by atoms with E-state index in [1.807, 2.05) is 6.92 Å². The molecule has 0 unspecified atom stereocenters. The minimum Gasteiger partial charge on any atom is -0.494 e. The number of carbonyl (C=O) groups is 2. The summed E-state index contributed by atoms with van der Waals surface area (Å²) in [4.78, 5) is 56.5. The summed E-state index contributed by atoms with van der Waals surface area (Å²) in [6, 6.07) is -0.629. The zero-order valence-corrected chi connectivity index (χ0v) is 24.1. The number of nitrogens with one attached hydrogen (secondary N) is 1.